The molecule has 0 aliphatic rings. The van der Waals surface area contributed by atoms with Crippen LogP contribution in [0.3, 0.4) is 0 Å². The van der Waals surface area contributed by atoms with Crippen LogP contribution in [0.4, 0.5) is 0 Å². The first-order valence-electron chi connectivity index (χ1n) is 16.2. The number of hydrogen-bond acceptors (Lipinski definition) is 8. The second-order valence-electron chi connectivity index (χ2n) is 11.4. The van der Waals surface area contributed by atoms with Crippen molar-refractivity contribution in [2.75, 3.05) is 0 Å². The molecule has 0 aromatic rings. The van der Waals surface area contributed by atoms with Gasteiger partial charge in [0, 0.05) is 0 Å². The Kier molecular flexibility index (Phi) is 16.5. The van der Waals surface area contributed by atoms with Crippen molar-refractivity contribution in [2.45, 2.75) is 160 Å². The van der Waals surface area contributed by atoms with Crippen molar-refractivity contribution in [3.05, 3.63) is 0 Å². The van der Waals surface area contributed by atoms with Gasteiger partial charge in [0.05, 0.1) is 0 Å². The van der Waals surface area contributed by atoms with Crippen LogP contribution < -0.4 is 0 Å². The Bertz CT molecular complexity index is 677. The second-order valence-corrected chi connectivity index (χ2v) is 16.6. The predicted octanol–water partition coefficient (Wildman–Crippen LogP) is 8.46. The molecule has 0 radical (unpaired) electrons. The van der Waals surface area contributed by atoms with Gasteiger partial charge in [-0.05, 0) is 0 Å². The first kappa shape index (κ1) is 39.7. The van der Waals surface area contributed by atoms with Crippen LogP contribution in [0.25, 0.3) is 0 Å². The predicted molar refractivity (Wildman–Crippen MR) is 163 cm³/mol. The monoisotopic (exact) mass is 692 g/mol. The second kappa shape index (κ2) is 17.1. The molecule has 41 heavy (non-hydrogen) atoms. The van der Waals surface area contributed by atoms with E-state index in [1.807, 2.05) is 83.1 Å². The molecule has 9 heteroatoms. The van der Waals surface area contributed by atoms with E-state index in [0.29, 0.717) is 77.0 Å². The summed E-state index contributed by atoms with van der Waals surface area (Å²) in [6, 6.07) is 0. The van der Waals surface area contributed by atoms with Crippen LogP contribution in [-0.2, 0) is 31.5 Å². The molecule has 0 rings (SSSR count). The topological polar surface area (TPSA) is 105 Å². The molecule has 0 aliphatic heterocycles. The molecule has 0 fully saturated rings. The van der Waals surface area contributed by atoms with Gasteiger partial charge in [-0.3, -0.25) is 0 Å². The van der Waals surface area contributed by atoms with Gasteiger partial charge in [-0.2, -0.15) is 0 Å². The molecule has 0 aromatic heterocycles. The fourth-order valence-electron chi connectivity index (χ4n) is 5.74. The Hall–Kier alpha value is -1.32. The molecule has 0 saturated carbocycles. The molecule has 0 heterocycles. The summed E-state index contributed by atoms with van der Waals surface area (Å²) in [6.45, 7) is 22.6. The Morgan fingerprint density at radius 3 is 0.561 bits per heavy atom. The van der Waals surface area contributed by atoms with Crippen LogP contribution in [0.15, 0.2) is 0 Å². The van der Waals surface area contributed by atoms with Crippen molar-refractivity contribution in [1.82, 2.24) is 0 Å². The van der Waals surface area contributed by atoms with Crippen molar-refractivity contribution >= 4 is 43.9 Å². The van der Waals surface area contributed by atoms with Gasteiger partial charge in [0.1, 0.15) is 0 Å². The van der Waals surface area contributed by atoms with E-state index in [0.717, 1.165) is 0 Å². The van der Waals surface area contributed by atoms with Crippen LogP contribution in [0.5, 0.6) is 0 Å². The van der Waals surface area contributed by atoms with E-state index in [1.165, 1.54) is 0 Å². The zero-order valence-corrected chi connectivity index (χ0v) is 31.1. The molecule has 0 bridgehead atoms. The van der Waals surface area contributed by atoms with E-state index in [4.69, 9.17) is 12.3 Å². The van der Waals surface area contributed by atoms with Gasteiger partial charge in [0.15, 0.2) is 0 Å². The van der Waals surface area contributed by atoms with Gasteiger partial charge in [0.2, 0.25) is 0 Å². The van der Waals surface area contributed by atoms with E-state index < -0.39 is 65.6 Å². The van der Waals surface area contributed by atoms with E-state index in [1.54, 1.807) is 0 Å². The first-order chi connectivity index (χ1) is 19.2. The van der Waals surface area contributed by atoms with Crippen molar-refractivity contribution < 1.29 is 31.5 Å². The SMILES string of the molecule is CCC(CC)(CC)C(=O)[O][Sn]([O]C(=O)C(CC)(CC)CC)([O]C(=O)C(CC)(CC)CC)[O]C(=O)C(CC)(CC)CC. The average molecular weight is 692 g/mol. The Morgan fingerprint density at radius 1 is 0.341 bits per heavy atom. The quantitative estimate of drug-likeness (QED) is 0.117. The zero-order chi connectivity index (χ0) is 32.1. The van der Waals surface area contributed by atoms with Crippen LogP contribution in [0.1, 0.15) is 160 Å². The molecule has 0 aliphatic carbocycles. The minimum atomic E-state index is -6.15. The third-order valence-corrected chi connectivity index (χ3v) is 15.7. The van der Waals surface area contributed by atoms with Crippen LogP contribution in [0, 0.1) is 21.7 Å². The zero-order valence-electron chi connectivity index (χ0n) is 28.3. The summed E-state index contributed by atoms with van der Waals surface area (Å²) in [5.41, 5.74) is -3.61. The van der Waals surface area contributed by atoms with E-state index in [2.05, 4.69) is 0 Å². The van der Waals surface area contributed by atoms with Gasteiger partial charge in [-0.15, -0.1) is 0 Å². The minimum absolute atomic E-state index is 0.463. The third-order valence-electron chi connectivity index (χ3n) is 10.7. The standard InChI is InChI=1S/4C8H16O2.Sn/c4*1-4-8(5-2,6-3)7(9)10;/h4*4-6H2,1-3H3,(H,9,10);/q;;;;+4/p-4. The van der Waals surface area contributed by atoms with Gasteiger partial charge >= 0.3 is 257 Å². The summed E-state index contributed by atoms with van der Waals surface area (Å²) < 4.78 is 24.5. The fraction of sp³-hybridized carbons (Fsp3) is 0.875. The van der Waals surface area contributed by atoms with Crippen LogP contribution >= 0.6 is 0 Å². The summed E-state index contributed by atoms with van der Waals surface area (Å²) in [4.78, 5) is 55.8. The van der Waals surface area contributed by atoms with Gasteiger partial charge in [0.25, 0.3) is 0 Å². The molecule has 240 valence electrons. The van der Waals surface area contributed by atoms with Crippen LogP contribution in [0.2, 0.25) is 0 Å². The third kappa shape index (κ3) is 8.41. The average Bonchev–Trinajstić information content (AvgIpc) is 2.98. The molecule has 8 nitrogen and oxygen atoms in total. The molecule has 0 unspecified atom stereocenters. The Morgan fingerprint density at radius 2 is 0.463 bits per heavy atom. The maximum atomic E-state index is 13.9. The number of rotatable bonds is 20. The van der Waals surface area contributed by atoms with Crippen molar-refractivity contribution in [3.63, 3.8) is 0 Å². The van der Waals surface area contributed by atoms with Crippen molar-refractivity contribution in [2.24, 2.45) is 21.7 Å². The Labute approximate surface area is 256 Å². The van der Waals surface area contributed by atoms with Crippen molar-refractivity contribution in [1.29, 1.82) is 0 Å². The molecule has 0 amide bonds. The molecule has 0 atom stereocenters. The fourth-order valence-corrected chi connectivity index (χ4v) is 11.5. The van der Waals surface area contributed by atoms with Crippen molar-refractivity contribution in [3.8, 4) is 0 Å². The molecule has 0 saturated heterocycles. The normalized spacial score (nSPS) is 13.0. The summed E-state index contributed by atoms with van der Waals surface area (Å²) >= 11 is -6.15. The number of carbonyl (C=O) groups excluding carboxylic acids is 4. The summed E-state index contributed by atoms with van der Waals surface area (Å²) in [6.07, 6.45) is 5.56. The first-order valence-corrected chi connectivity index (χ1v) is 20.8. The number of hydrogen-bond donors (Lipinski definition) is 0. The van der Waals surface area contributed by atoms with E-state index in [9.17, 15) is 19.2 Å². The molecule has 0 N–H and O–H groups in total. The molecular weight excluding hydrogens is 631 g/mol. The van der Waals surface area contributed by atoms with Gasteiger partial charge < -0.3 is 0 Å². The molecule has 0 spiro atoms. The molecular formula is C32H60O8Sn. The molecule has 0 aromatic carbocycles. The Balaban J connectivity index is 7.46. The van der Waals surface area contributed by atoms with Gasteiger partial charge in [-0.25, -0.2) is 0 Å². The summed E-state index contributed by atoms with van der Waals surface area (Å²) in [7, 11) is 0. The summed E-state index contributed by atoms with van der Waals surface area (Å²) in [5, 5.41) is 0. The van der Waals surface area contributed by atoms with E-state index in [-0.39, 0.29) is 0 Å². The van der Waals surface area contributed by atoms with E-state index >= 15 is 0 Å². The maximum absolute atomic E-state index is 13.9. The van der Waals surface area contributed by atoms with Crippen LogP contribution in [-0.4, -0.2) is 43.9 Å². The number of carbonyl (C=O) groups is 4. The van der Waals surface area contributed by atoms with Gasteiger partial charge in [-0.1, -0.05) is 0 Å². The summed E-state index contributed by atoms with van der Waals surface area (Å²) in [5.74, 6) is -2.63.